The fraction of sp³-hybridized carbons (Fsp3) is 0.333. The highest BCUT2D eigenvalue weighted by molar-refractivity contribution is 6.01. The van der Waals surface area contributed by atoms with Crippen molar-refractivity contribution in [3.8, 4) is 17.2 Å². The maximum atomic E-state index is 13.9. The maximum Gasteiger partial charge on any atom is 0.271 e. The predicted octanol–water partition coefficient (Wildman–Crippen LogP) is 4.31. The molecule has 2 rings (SSSR count). The monoisotopic (exact) mass is 406 g/mol. The molecule has 0 spiro atoms. The molecular formula is C21H24F2N2O4. The Morgan fingerprint density at radius 1 is 0.966 bits per heavy atom. The molecular weight excluding hydrogens is 382 g/mol. The molecule has 8 heteroatoms. The summed E-state index contributed by atoms with van der Waals surface area (Å²) in [5.41, 5.74) is 2.20. The number of hydrazone groups is 1. The van der Waals surface area contributed by atoms with Gasteiger partial charge in [-0.25, -0.2) is 14.2 Å². The molecule has 0 radical (unpaired) electrons. The molecule has 0 saturated carbocycles. The molecule has 29 heavy (non-hydrogen) atoms. The first-order valence-electron chi connectivity index (χ1n) is 9.28. The summed E-state index contributed by atoms with van der Waals surface area (Å²) in [5.74, 6) is -1.01. The molecule has 0 aliphatic heterocycles. The van der Waals surface area contributed by atoms with Crippen LogP contribution in [0.1, 0.15) is 43.6 Å². The average molecular weight is 406 g/mol. The van der Waals surface area contributed by atoms with E-state index in [1.165, 1.54) is 25.1 Å². The van der Waals surface area contributed by atoms with Crippen LogP contribution < -0.4 is 19.6 Å². The number of carbonyl (C=O) groups is 1. The van der Waals surface area contributed by atoms with Gasteiger partial charge in [-0.05, 0) is 52.0 Å². The second kappa shape index (κ2) is 10.4. The van der Waals surface area contributed by atoms with Crippen molar-refractivity contribution in [3.05, 3.63) is 53.1 Å². The lowest BCUT2D eigenvalue weighted by atomic mass is 10.1. The number of amides is 1. The smallest absolute Gasteiger partial charge is 0.271 e. The van der Waals surface area contributed by atoms with Crippen LogP contribution in [0.25, 0.3) is 0 Å². The fourth-order valence-corrected chi connectivity index (χ4v) is 2.62. The molecule has 0 fully saturated rings. The maximum absolute atomic E-state index is 13.9. The van der Waals surface area contributed by atoms with Crippen molar-refractivity contribution < 1.29 is 27.8 Å². The van der Waals surface area contributed by atoms with Gasteiger partial charge in [0.15, 0.2) is 11.5 Å². The van der Waals surface area contributed by atoms with E-state index in [4.69, 9.17) is 14.2 Å². The number of hydrogen-bond acceptors (Lipinski definition) is 5. The second-order valence-corrected chi connectivity index (χ2v) is 5.84. The van der Waals surface area contributed by atoms with Gasteiger partial charge in [0.2, 0.25) is 5.75 Å². The molecule has 0 aromatic heterocycles. The van der Waals surface area contributed by atoms with Gasteiger partial charge in [-0.15, -0.1) is 0 Å². The molecule has 0 aliphatic carbocycles. The number of hydrogen-bond donors (Lipinski definition) is 1. The average Bonchev–Trinajstić information content (AvgIpc) is 2.68. The largest absolute Gasteiger partial charge is 0.490 e. The number of rotatable bonds is 9. The Hall–Kier alpha value is -3.16. The Kier molecular flexibility index (Phi) is 7.94. The molecule has 0 saturated heterocycles. The predicted molar refractivity (Wildman–Crippen MR) is 106 cm³/mol. The standard InChI is InChI=1S/C21H24F2N2O4/c1-5-27-17-11-14(12-18(28-6-2)20(17)29-7-3)21(26)25-24-13(4)19-15(22)9-8-10-16(19)23/h8-12H,5-7H2,1-4H3,(H,25,26)/b24-13-. The molecule has 6 nitrogen and oxygen atoms in total. The van der Waals surface area contributed by atoms with Gasteiger partial charge in [0.25, 0.3) is 5.91 Å². The zero-order valence-electron chi connectivity index (χ0n) is 16.8. The summed E-state index contributed by atoms with van der Waals surface area (Å²) >= 11 is 0. The number of carbonyl (C=O) groups excluding carboxylic acids is 1. The first-order valence-corrected chi connectivity index (χ1v) is 9.28. The lowest BCUT2D eigenvalue weighted by Crippen LogP contribution is -2.20. The van der Waals surface area contributed by atoms with Gasteiger partial charge >= 0.3 is 0 Å². The summed E-state index contributed by atoms with van der Waals surface area (Å²) in [6.07, 6.45) is 0. The number of nitrogens with zero attached hydrogens (tertiary/aromatic N) is 1. The SMILES string of the molecule is CCOc1cc(C(=O)N/N=C(/C)c2c(F)cccc2F)cc(OCC)c1OCC. The van der Waals surface area contributed by atoms with Crippen LogP contribution in [0.4, 0.5) is 8.78 Å². The molecule has 0 aliphatic rings. The number of halogens is 2. The van der Waals surface area contributed by atoms with Gasteiger partial charge in [0, 0.05) is 5.56 Å². The number of benzene rings is 2. The van der Waals surface area contributed by atoms with Gasteiger partial charge < -0.3 is 14.2 Å². The Bertz CT molecular complexity index is 853. The van der Waals surface area contributed by atoms with E-state index in [1.807, 2.05) is 6.92 Å². The van der Waals surface area contributed by atoms with E-state index < -0.39 is 17.5 Å². The summed E-state index contributed by atoms with van der Waals surface area (Å²) in [5, 5.41) is 3.83. The van der Waals surface area contributed by atoms with Crippen LogP contribution in [-0.2, 0) is 0 Å². The molecule has 0 unspecified atom stereocenters. The van der Waals surface area contributed by atoms with Crippen LogP contribution in [0.2, 0.25) is 0 Å². The van der Waals surface area contributed by atoms with Gasteiger partial charge in [0.1, 0.15) is 11.6 Å². The van der Waals surface area contributed by atoms with Gasteiger partial charge in [-0.2, -0.15) is 5.10 Å². The van der Waals surface area contributed by atoms with E-state index in [0.717, 1.165) is 12.1 Å². The minimum absolute atomic E-state index is 0.00468. The third-order valence-corrected chi connectivity index (χ3v) is 3.82. The van der Waals surface area contributed by atoms with Gasteiger partial charge in [0.05, 0.1) is 31.1 Å². The van der Waals surface area contributed by atoms with Crippen LogP contribution in [0, 0.1) is 11.6 Å². The summed E-state index contributed by atoms with van der Waals surface area (Å²) in [6, 6.07) is 6.50. The summed E-state index contributed by atoms with van der Waals surface area (Å²) in [4.78, 5) is 12.6. The Labute approximate surface area is 168 Å². The van der Waals surface area contributed by atoms with Crippen LogP contribution in [0.5, 0.6) is 17.2 Å². The Morgan fingerprint density at radius 2 is 1.48 bits per heavy atom. The summed E-state index contributed by atoms with van der Waals surface area (Å²) < 4.78 is 44.5. The van der Waals surface area contributed by atoms with Crippen molar-refractivity contribution in [2.75, 3.05) is 19.8 Å². The van der Waals surface area contributed by atoms with Crippen molar-refractivity contribution in [3.63, 3.8) is 0 Å². The van der Waals surface area contributed by atoms with Crippen LogP contribution >= 0.6 is 0 Å². The lowest BCUT2D eigenvalue weighted by molar-refractivity contribution is 0.0953. The van der Waals surface area contributed by atoms with Crippen molar-refractivity contribution in [2.24, 2.45) is 5.10 Å². The first kappa shape index (κ1) is 22.1. The third-order valence-electron chi connectivity index (χ3n) is 3.82. The van der Waals surface area contributed by atoms with Crippen LogP contribution in [0.3, 0.4) is 0 Å². The second-order valence-electron chi connectivity index (χ2n) is 5.84. The highest BCUT2D eigenvalue weighted by atomic mass is 19.1. The van der Waals surface area contributed by atoms with E-state index in [9.17, 15) is 13.6 Å². The zero-order chi connectivity index (χ0) is 21.4. The lowest BCUT2D eigenvalue weighted by Gasteiger charge is -2.16. The molecule has 1 N–H and O–H groups in total. The minimum Gasteiger partial charge on any atom is -0.490 e. The minimum atomic E-state index is -0.765. The van der Waals surface area contributed by atoms with Gasteiger partial charge in [-0.1, -0.05) is 6.07 Å². The van der Waals surface area contributed by atoms with E-state index in [-0.39, 0.29) is 16.8 Å². The van der Waals surface area contributed by atoms with Gasteiger partial charge in [-0.3, -0.25) is 4.79 Å². The van der Waals surface area contributed by atoms with Crippen molar-refractivity contribution in [1.82, 2.24) is 5.43 Å². The molecule has 0 atom stereocenters. The summed E-state index contributed by atoms with van der Waals surface area (Å²) in [6.45, 7) is 7.95. The molecule has 1 amide bonds. The fourth-order valence-electron chi connectivity index (χ4n) is 2.62. The third kappa shape index (κ3) is 5.43. The quantitative estimate of drug-likeness (QED) is 0.498. The van der Waals surface area contributed by atoms with E-state index in [1.54, 1.807) is 13.8 Å². The van der Waals surface area contributed by atoms with E-state index in [0.29, 0.717) is 37.1 Å². The summed E-state index contributed by atoms with van der Waals surface area (Å²) in [7, 11) is 0. The number of ether oxygens (including phenoxy) is 3. The normalized spacial score (nSPS) is 11.2. The molecule has 156 valence electrons. The topological polar surface area (TPSA) is 69.2 Å². The van der Waals surface area contributed by atoms with Crippen molar-refractivity contribution in [2.45, 2.75) is 27.7 Å². The van der Waals surface area contributed by atoms with Crippen LogP contribution in [-0.4, -0.2) is 31.4 Å². The highest BCUT2D eigenvalue weighted by Gasteiger charge is 2.19. The van der Waals surface area contributed by atoms with E-state index >= 15 is 0 Å². The molecule has 0 bridgehead atoms. The molecule has 2 aromatic rings. The van der Waals surface area contributed by atoms with Crippen molar-refractivity contribution >= 4 is 11.6 Å². The van der Waals surface area contributed by atoms with Crippen molar-refractivity contribution in [1.29, 1.82) is 0 Å². The van der Waals surface area contributed by atoms with Crippen LogP contribution in [0.15, 0.2) is 35.4 Å². The van der Waals surface area contributed by atoms with E-state index in [2.05, 4.69) is 10.5 Å². The Morgan fingerprint density at radius 3 is 1.97 bits per heavy atom. The zero-order valence-corrected chi connectivity index (χ0v) is 16.8. The first-order chi connectivity index (χ1) is 13.9. The number of nitrogens with one attached hydrogen (secondary N) is 1. The highest BCUT2D eigenvalue weighted by Crippen LogP contribution is 2.39. The molecule has 0 heterocycles. The molecule has 2 aromatic carbocycles. The Balaban J connectivity index is 2.34.